The molecule has 2 rings (SSSR count). The second-order valence-electron chi connectivity index (χ2n) is 4.85. The summed E-state index contributed by atoms with van der Waals surface area (Å²) in [4.78, 5) is 0. The van der Waals surface area contributed by atoms with Gasteiger partial charge in [-0.2, -0.15) is 0 Å². The van der Waals surface area contributed by atoms with E-state index < -0.39 is 11.6 Å². The lowest BCUT2D eigenvalue weighted by atomic mass is 9.97. The Bertz CT molecular complexity index is 564. The summed E-state index contributed by atoms with van der Waals surface area (Å²) in [5.41, 5.74) is 2.73. The Morgan fingerprint density at radius 1 is 1.05 bits per heavy atom. The van der Waals surface area contributed by atoms with E-state index in [1.54, 1.807) is 12.1 Å². The van der Waals surface area contributed by atoms with Gasteiger partial charge >= 0.3 is 0 Å². The van der Waals surface area contributed by atoms with Crippen LogP contribution in [0.2, 0.25) is 0 Å². The number of hydrogen-bond donors (Lipinski definition) is 1. The molecule has 0 aliphatic rings. The number of nitrogens with one attached hydrogen (secondary N) is 1. The third-order valence-electron chi connectivity index (χ3n) is 3.59. The first-order valence-electron chi connectivity index (χ1n) is 6.84. The van der Waals surface area contributed by atoms with E-state index in [-0.39, 0.29) is 6.04 Å². The Morgan fingerprint density at radius 2 is 1.75 bits per heavy atom. The van der Waals surface area contributed by atoms with E-state index in [2.05, 4.69) is 24.4 Å². The molecule has 0 saturated carbocycles. The highest BCUT2D eigenvalue weighted by Gasteiger charge is 2.14. The lowest BCUT2D eigenvalue weighted by Gasteiger charge is -2.17. The Labute approximate surface area is 118 Å². The van der Waals surface area contributed by atoms with Gasteiger partial charge in [0.25, 0.3) is 0 Å². The van der Waals surface area contributed by atoms with Crippen LogP contribution in [-0.2, 0) is 12.8 Å². The zero-order valence-corrected chi connectivity index (χ0v) is 11.8. The van der Waals surface area contributed by atoms with E-state index in [9.17, 15) is 8.78 Å². The minimum atomic E-state index is -0.793. The van der Waals surface area contributed by atoms with Gasteiger partial charge in [-0.15, -0.1) is 0 Å². The molecule has 0 heterocycles. The molecular formula is C17H19F2N. The average molecular weight is 275 g/mol. The van der Waals surface area contributed by atoms with Crippen molar-refractivity contribution in [2.45, 2.75) is 25.8 Å². The number of aryl methyl sites for hydroxylation is 1. The smallest absolute Gasteiger partial charge is 0.162 e. The van der Waals surface area contributed by atoms with Crippen LogP contribution in [0.3, 0.4) is 0 Å². The monoisotopic (exact) mass is 275 g/mol. The lowest BCUT2D eigenvalue weighted by Crippen LogP contribution is -2.19. The molecule has 1 unspecified atom stereocenters. The van der Waals surface area contributed by atoms with Crippen molar-refractivity contribution in [2.75, 3.05) is 7.05 Å². The first kappa shape index (κ1) is 14.7. The summed E-state index contributed by atoms with van der Waals surface area (Å²) in [6.07, 6.45) is 1.41. The van der Waals surface area contributed by atoms with E-state index in [0.717, 1.165) is 18.1 Å². The summed E-state index contributed by atoms with van der Waals surface area (Å²) in [7, 11) is 1.83. The van der Waals surface area contributed by atoms with Crippen molar-refractivity contribution in [1.82, 2.24) is 5.32 Å². The predicted octanol–water partition coefficient (Wildman–Crippen LogP) is 4.03. The van der Waals surface area contributed by atoms with Crippen LogP contribution in [0.15, 0.2) is 42.5 Å². The van der Waals surface area contributed by atoms with E-state index in [1.807, 2.05) is 19.2 Å². The van der Waals surface area contributed by atoms with Gasteiger partial charge < -0.3 is 5.32 Å². The molecule has 0 aromatic heterocycles. The van der Waals surface area contributed by atoms with Crippen molar-refractivity contribution in [2.24, 2.45) is 0 Å². The van der Waals surface area contributed by atoms with Crippen molar-refractivity contribution in [1.29, 1.82) is 0 Å². The Morgan fingerprint density at radius 3 is 2.35 bits per heavy atom. The fraction of sp³-hybridized carbons (Fsp3) is 0.294. The third kappa shape index (κ3) is 3.23. The van der Waals surface area contributed by atoms with Crippen LogP contribution >= 0.6 is 0 Å². The maximum atomic E-state index is 13.7. The van der Waals surface area contributed by atoms with Crippen LogP contribution in [0.25, 0.3) is 0 Å². The third-order valence-corrected chi connectivity index (χ3v) is 3.59. The van der Waals surface area contributed by atoms with Gasteiger partial charge in [0.2, 0.25) is 0 Å². The van der Waals surface area contributed by atoms with Gasteiger partial charge in [0, 0.05) is 6.04 Å². The molecule has 106 valence electrons. The van der Waals surface area contributed by atoms with Crippen molar-refractivity contribution in [3.63, 3.8) is 0 Å². The van der Waals surface area contributed by atoms with Gasteiger partial charge in [0.1, 0.15) is 0 Å². The molecule has 0 aliphatic heterocycles. The summed E-state index contributed by atoms with van der Waals surface area (Å²) in [5, 5.41) is 3.16. The molecule has 0 bridgehead atoms. The minimum absolute atomic E-state index is 0.0304. The summed E-state index contributed by atoms with van der Waals surface area (Å²) in [6, 6.07) is 12.5. The SMILES string of the molecule is CCc1ccc(C(Cc2cccc(F)c2F)NC)cc1. The van der Waals surface area contributed by atoms with Crippen LogP contribution in [0, 0.1) is 11.6 Å². The quantitative estimate of drug-likeness (QED) is 0.868. The highest BCUT2D eigenvalue weighted by molar-refractivity contribution is 5.28. The fourth-order valence-corrected chi connectivity index (χ4v) is 2.30. The number of rotatable bonds is 5. The molecule has 1 nitrogen and oxygen atoms in total. The van der Waals surface area contributed by atoms with E-state index in [4.69, 9.17) is 0 Å². The molecule has 2 aromatic rings. The molecule has 0 amide bonds. The maximum Gasteiger partial charge on any atom is 0.162 e. The van der Waals surface area contributed by atoms with Crippen molar-refractivity contribution < 1.29 is 8.78 Å². The van der Waals surface area contributed by atoms with Gasteiger partial charge in [-0.3, -0.25) is 0 Å². The Kier molecular flexibility index (Phi) is 4.85. The van der Waals surface area contributed by atoms with Crippen LogP contribution in [0.4, 0.5) is 8.78 Å². The largest absolute Gasteiger partial charge is 0.313 e. The molecule has 20 heavy (non-hydrogen) atoms. The van der Waals surface area contributed by atoms with Crippen molar-refractivity contribution in [3.05, 3.63) is 70.8 Å². The van der Waals surface area contributed by atoms with Crippen LogP contribution in [0.5, 0.6) is 0 Å². The fourth-order valence-electron chi connectivity index (χ4n) is 2.30. The second kappa shape index (κ2) is 6.62. The highest BCUT2D eigenvalue weighted by Crippen LogP contribution is 2.21. The summed E-state index contributed by atoms with van der Waals surface area (Å²) in [6.45, 7) is 2.10. The molecule has 0 saturated heterocycles. The highest BCUT2D eigenvalue weighted by atomic mass is 19.2. The summed E-state index contributed by atoms with van der Waals surface area (Å²) >= 11 is 0. The minimum Gasteiger partial charge on any atom is -0.313 e. The topological polar surface area (TPSA) is 12.0 Å². The molecule has 0 fully saturated rings. The first-order chi connectivity index (χ1) is 9.65. The van der Waals surface area contributed by atoms with Crippen LogP contribution in [-0.4, -0.2) is 7.05 Å². The zero-order chi connectivity index (χ0) is 14.5. The average Bonchev–Trinajstić information content (AvgIpc) is 2.49. The first-order valence-corrected chi connectivity index (χ1v) is 6.84. The maximum absolute atomic E-state index is 13.7. The van der Waals surface area contributed by atoms with E-state index in [1.165, 1.54) is 5.56 Å². The van der Waals surface area contributed by atoms with Crippen LogP contribution in [0.1, 0.15) is 29.7 Å². The number of benzene rings is 2. The van der Waals surface area contributed by atoms with Gasteiger partial charge in [0.15, 0.2) is 11.6 Å². The number of halogens is 2. The van der Waals surface area contributed by atoms with Crippen LogP contribution < -0.4 is 5.32 Å². The number of hydrogen-bond acceptors (Lipinski definition) is 1. The summed E-state index contributed by atoms with van der Waals surface area (Å²) in [5.74, 6) is -1.54. The molecule has 2 aromatic carbocycles. The van der Waals surface area contributed by atoms with Gasteiger partial charge in [0.05, 0.1) is 0 Å². The normalized spacial score (nSPS) is 12.4. The van der Waals surface area contributed by atoms with E-state index >= 15 is 0 Å². The van der Waals surface area contributed by atoms with E-state index in [0.29, 0.717) is 12.0 Å². The molecule has 1 N–H and O–H groups in total. The van der Waals surface area contributed by atoms with Crippen molar-refractivity contribution >= 4 is 0 Å². The molecule has 3 heteroatoms. The van der Waals surface area contributed by atoms with Gasteiger partial charge in [-0.1, -0.05) is 43.3 Å². The van der Waals surface area contributed by atoms with Crippen molar-refractivity contribution in [3.8, 4) is 0 Å². The van der Waals surface area contributed by atoms with Gasteiger partial charge in [-0.05, 0) is 42.6 Å². The predicted molar refractivity (Wildman–Crippen MR) is 77.7 cm³/mol. The summed E-state index contributed by atoms with van der Waals surface area (Å²) < 4.78 is 27.0. The molecule has 0 radical (unpaired) electrons. The van der Waals surface area contributed by atoms with Gasteiger partial charge in [-0.25, -0.2) is 8.78 Å². The molecule has 1 atom stereocenters. The molecular weight excluding hydrogens is 256 g/mol. The number of likely N-dealkylation sites (N-methyl/N-ethyl adjacent to an activating group) is 1. The lowest BCUT2D eigenvalue weighted by molar-refractivity contribution is 0.487. The standard InChI is InChI=1S/C17H19F2N/c1-3-12-7-9-13(10-8-12)16(20-2)11-14-5-4-6-15(18)17(14)19/h4-10,16,20H,3,11H2,1-2H3. The Hall–Kier alpha value is -1.74. The zero-order valence-electron chi connectivity index (χ0n) is 11.8. The Balaban J connectivity index is 2.21. The molecule has 0 aliphatic carbocycles. The second-order valence-corrected chi connectivity index (χ2v) is 4.85. The molecule has 0 spiro atoms.